The van der Waals surface area contributed by atoms with Crippen LogP contribution in [0.3, 0.4) is 0 Å². The molecule has 1 heterocycles. The third kappa shape index (κ3) is 8.72. The van der Waals surface area contributed by atoms with E-state index in [1.165, 1.54) is 4.90 Å². The average molecular weight is 463 g/mol. The van der Waals surface area contributed by atoms with Gasteiger partial charge in [-0.05, 0) is 31.0 Å². The summed E-state index contributed by atoms with van der Waals surface area (Å²) in [5.41, 5.74) is 1.07. The second-order valence-corrected chi connectivity index (χ2v) is 7.71. The summed E-state index contributed by atoms with van der Waals surface area (Å²) in [6, 6.07) is 5.92. The van der Waals surface area contributed by atoms with Gasteiger partial charge in [0.25, 0.3) is 5.91 Å². The molecule has 1 unspecified atom stereocenters. The van der Waals surface area contributed by atoms with Gasteiger partial charge in [-0.25, -0.2) is 0 Å². The molecule has 1 aliphatic rings. The minimum Gasteiger partial charge on any atom is -0.466 e. The van der Waals surface area contributed by atoms with Gasteiger partial charge in [0.05, 0.1) is 19.6 Å². The quantitative estimate of drug-likeness (QED) is 0.294. The smallest absolute Gasteiger partial charge is 0.308 e. The van der Waals surface area contributed by atoms with Gasteiger partial charge in [-0.3, -0.25) is 19.2 Å². The molecule has 3 amide bonds. The Morgan fingerprint density at radius 3 is 2.79 bits per heavy atom. The Hall–Kier alpha value is -3.14. The zero-order chi connectivity index (χ0) is 24.1. The summed E-state index contributed by atoms with van der Waals surface area (Å²) >= 11 is 0. The number of ether oxygens (including phenoxy) is 2. The van der Waals surface area contributed by atoms with Gasteiger partial charge in [-0.1, -0.05) is 19.4 Å². The van der Waals surface area contributed by atoms with E-state index in [9.17, 15) is 19.2 Å². The van der Waals surface area contributed by atoms with Crippen LogP contribution in [0.5, 0.6) is 0 Å². The number of rotatable bonds is 13. The lowest BCUT2D eigenvalue weighted by Crippen LogP contribution is -2.58. The van der Waals surface area contributed by atoms with Gasteiger partial charge in [0.1, 0.15) is 6.04 Å². The third-order valence-corrected chi connectivity index (χ3v) is 5.15. The van der Waals surface area contributed by atoms with E-state index in [-0.39, 0.29) is 30.7 Å². The number of benzene rings is 1. The number of methoxy groups -OCH3 is 1. The number of amides is 3. The van der Waals surface area contributed by atoms with Crippen molar-refractivity contribution in [3.63, 3.8) is 0 Å². The molecule has 10 heteroatoms. The van der Waals surface area contributed by atoms with Crippen LogP contribution in [0, 0.1) is 0 Å². The van der Waals surface area contributed by atoms with E-state index in [2.05, 4.69) is 16.0 Å². The summed E-state index contributed by atoms with van der Waals surface area (Å²) in [4.78, 5) is 50.9. The zero-order valence-corrected chi connectivity index (χ0v) is 19.4. The van der Waals surface area contributed by atoms with Crippen molar-refractivity contribution in [1.82, 2.24) is 15.5 Å². The largest absolute Gasteiger partial charge is 0.466 e. The molecule has 1 fully saturated rings. The van der Waals surface area contributed by atoms with Crippen LogP contribution in [0.4, 0.5) is 5.69 Å². The van der Waals surface area contributed by atoms with E-state index >= 15 is 0 Å². The highest BCUT2D eigenvalue weighted by molar-refractivity contribution is 5.95. The predicted octanol–water partition coefficient (Wildman–Crippen LogP) is 0.925. The van der Waals surface area contributed by atoms with Crippen molar-refractivity contribution >= 4 is 29.4 Å². The van der Waals surface area contributed by atoms with Gasteiger partial charge < -0.3 is 30.3 Å². The lowest BCUT2D eigenvalue weighted by atomic mass is 10.1. The molecule has 0 bridgehead atoms. The molecular formula is C23H34N4O6. The third-order valence-electron chi connectivity index (χ3n) is 5.15. The number of hydrogen-bond donors (Lipinski definition) is 3. The first-order valence-corrected chi connectivity index (χ1v) is 11.3. The molecule has 1 aromatic rings. The fourth-order valence-electron chi connectivity index (χ4n) is 3.33. The van der Waals surface area contributed by atoms with Crippen LogP contribution >= 0.6 is 0 Å². The van der Waals surface area contributed by atoms with E-state index < -0.39 is 12.0 Å². The van der Waals surface area contributed by atoms with E-state index in [4.69, 9.17) is 9.47 Å². The van der Waals surface area contributed by atoms with Gasteiger partial charge in [-0.2, -0.15) is 0 Å². The Labute approximate surface area is 194 Å². The number of nitrogens with zero attached hydrogens (tertiary/aromatic N) is 1. The molecule has 1 saturated heterocycles. The van der Waals surface area contributed by atoms with Crippen molar-refractivity contribution in [3.8, 4) is 0 Å². The van der Waals surface area contributed by atoms with Crippen molar-refractivity contribution < 1.29 is 28.7 Å². The number of carbonyl (C=O) groups is 4. The molecule has 1 aromatic carbocycles. The summed E-state index contributed by atoms with van der Waals surface area (Å²) in [6.07, 6.45) is 2.18. The Balaban J connectivity index is 1.91. The van der Waals surface area contributed by atoms with E-state index in [0.29, 0.717) is 50.5 Å². The molecule has 182 valence electrons. The highest BCUT2D eigenvalue weighted by Crippen LogP contribution is 2.13. The predicted molar refractivity (Wildman–Crippen MR) is 123 cm³/mol. The Morgan fingerprint density at radius 2 is 2.03 bits per heavy atom. The topological polar surface area (TPSA) is 126 Å². The van der Waals surface area contributed by atoms with Crippen molar-refractivity contribution in [1.29, 1.82) is 0 Å². The molecule has 10 nitrogen and oxygen atoms in total. The van der Waals surface area contributed by atoms with Crippen LogP contribution in [-0.4, -0.2) is 81.1 Å². The maximum atomic E-state index is 12.8. The van der Waals surface area contributed by atoms with Gasteiger partial charge in [0.2, 0.25) is 11.8 Å². The fraction of sp³-hybridized carbons (Fsp3) is 0.565. The van der Waals surface area contributed by atoms with Crippen LogP contribution in [0.1, 0.15) is 43.0 Å². The molecule has 33 heavy (non-hydrogen) atoms. The molecule has 0 saturated carbocycles. The lowest BCUT2D eigenvalue weighted by Gasteiger charge is -2.34. The van der Waals surface area contributed by atoms with Crippen LogP contribution in [0.2, 0.25) is 0 Å². The van der Waals surface area contributed by atoms with Gasteiger partial charge >= 0.3 is 5.97 Å². The van der Waals surface area contributed by atoms with Gasteiger partial charge in [-0.15, -0.1) is 0 Å². The number of nitrogens with one attached hydrogen (secondary N) is 3. The fourth-order valence-corrected chi connectivity index (χ4v) is 3.33. The maximum Gasteiger partial charge on any atom is 0.308 e. The second-order valence-electron chi connectivity index (χ2n) is 7.71. The highest BCUT2D eigenvalue weighted by Gasteiger charge is 2.34. The number of anilines is 1. The second kappa shape index (κ2) is 14.1. The molecule has 1 aliphatic heterocycles. The zero-order valence-electron chi connectivity index (χ0n) is 19.4. The molecule has 0 aliphatic carbocycles. The Bertz CT molecular complexity index is 816. The van der Waals surface area contributed by atoms with E-state index in [0.717, 1.165) is 12.8 Å². The van der Waals surface area contributed by atoms with E-state index in [1.807, 2.05) is 6.92 Å². The van der Waals surface area contributed by atoms with Crippen LogP contribution in [0.15, 0.2) is 24.3 Å². The van der Waals surface area contributed by atoms with Gasteiger partial charge in [0, 0.05) is 44.6 Å². The summed E-state index contributed by atoms with van der Waals surface area (Å²) < 4.78 is 10.1. The monoisotopic (exact) mass is 462 g/mol. The number of hydrogen-bond acceptors (Lipinski definition) is 7. The number of carbonyl (C=O) groups excluding carboxylic acids is 4. The highest BCUT2D eigenvalue weighted by atomic mass is 16.5. The molecule has 1 atom stereocenters. The van der Waals surface area contributed by atoms with Crippen molar-refractivity contribution in [2.24, 2.45) is 0 Å². The summed E-state index contributed by atoms with van der Waals surface area (Å²) in [7, 11) is 1.61. The summed E-state index contributed by atoms with van der Waals surface area (Å²) in [5, 5.41) is 8.51. The number of unbranched alkanes of at least 4 members (excludes halogenated alkanes) is 1. The standard InChI is InChI=1S/C23H34N4O6/c1-3-4-13-33-21(29)15-19-23(31)25-10-11-27(19)20(28)16-26-18-8-5-7-17(14-18)22(30)24-9-6-12-32-2/h5,7-8,14,19,26H,3-4,6,9-13,15-16H2,1-2H3,(H,24,30)(H,25,31). The Kier molecular flexibility index (Phi) is 11.2. The van der Waals surface area contributed by atoms with Crippen LogP contribution < -0.4 is 16.0 Å². The van der Waals surface area contributed by atoms with Crippen molar-refractivity contribution in [2.45, 2.75) is 38.6 Å². The number of piperazine rings is 1. The normalized spacial score (nSPS) is 15.5. The molecule has 0 aromatic heterocycles. The first-order valence-electron chi connectivity index (χ1n) is 11.3. The SMILES string of the molecule is CCCCOC(=O)CC1C(=O)NCCN1C(=O)CNc1cccc(C(=O)NCCCOC)c1. The molecule has 0 spiro atoms. The van der Waals surface area contributed by atoms with Gasteiger partial charge in [0.15, 0.2) is 0 Å². The minimum absolute atomic E-state index is 0.0758. The van der Waals surface area contributed by atoms with E-state index in [1.54, 1.807) is 31.4 Å². The summed E-state index contributed by atoms with van der Waals surface area (Å²) in [6.45, 7) is 3.91. The lowest BCUT2D eigenvalue weighted by molar-refractivity contribution is -0.151. The molecule has 2 rings (SSSR count). The average Bonchev–Trinajstić information content (AvgIpc) is 2.82. The maximum absolute atomic E-state index is 12.8. The Morgan fingerprint density at radius 1 is 1.21 bits per heavy atom. The first kappa shape index (κ1) is 26.1. The van der Waals surface area contributed by atoms with Crippen molar-refractivity contribution in [2.75, 3.05) is 51.8 Å². The minimum atomic E-state index is -0.897. The van der Waals surface area contributed by atoms with Crippen LogP contribution in [0.25, 0.3) is 0 Å². The van der Waals surface area contributed by atoms with Crippen molar-refractivity contribution in [3.05, 3.63) is 29.8 Å². The molecule has 0 radical (unpaired) electrons. The number of esters is 1. The molecule has 3 N–H and O–H groups in total. The molecular weight excluding hydrogens is 428 g/mol. The summed E-state index contributed by atoms with van der Waals surface area (Å²) in [5.74, 6) is -1.39. The first-order chi connectivity index (χ1) is 16.0. The van der Waals surface area contributed by atoms with Crippen LogP contribution in [-0.2, 0) is 23.9 Å².